The van der Waals surface area contributed by atoms with Crippen molar-refractivity contribution in [3.63, 3.8) is 0 Å². The summed E-state index contributed by atoms with van der Waals surface area (Å²) >= 11 is 6.04. The van der Waals surface area contributed by atoms with Crippen molar-refractivity contribution >= 4 is 106 Å². The van der Waals surface area contributed by atoms with Crippen molar-refractivity contribution in [3.05, 3.63) is 189 Å². The third-order valence-electron chi connectivity index (χ3n) is 21.1. The lowest BCUT2D eigenvalue weighted by atomic mass is 10.0. The Bertz CT molecular complexity index is 5400. The first-order valence-electron chi connectivity index (χ1n) is 38.2. The smallest absolute Gasteiger partial charge is 0.235 e. The Morgan fingerprint density at radius 3 is 1.13 bits per heavy atom. The highest BCUT2D eigenvalue weighted by atomic mass is 35.5. The molecule has 115 heavy (non-hydrogen) atoms. The van der Waals surface area contributed by atoms with Crippen molar-refractivity contribution < 1.29 is 26.3 Å². The van der Waals surface area contributed by atoms with Gasteiger partial charge in [-0.05, 0) is 125 Å². The fourth-order valence-corrected chi connectivity index (χ4v) is 15.1. The Morgan fingerprint density at radius 2 is 0.713 bits per heavy atom. The maximum atomic E-state index is 14.3. The molecular weight excluding hydrogens is 1510 g/mol. The number of rotatable bonds is 20. The first-order valence-corrected chi connectivity index (χ1v) is 38.6. The summed E-state index contributed by atoms with van der Waals surface area (Å²) in [5, 5.41) is 42.0. The highest BCUT2D eigenvalue weighted by Crippen LogP contribution is 2.46. The number of aromatic nitrogens is 20. The van der Waals surface area contributed by atoms with Gasteiger partial charge < -0.3 is 63.8 Å². The molecule has 8 aromatic heterocycles. The van der Waals surface area contributed by atoms with Gasteiger partial charge in [-0.3, -0.25) is 20.4 Å². The maximum Gasteiger partial charge on any atom is 0.235 e. The SMILES string of the molecule is Nc1nc(Nc2cc(C3CC3)[nH]n2)nc(N2CC(F)CC2c2ccc(F)cc2)n1.Nc1nc(Nc2cc(C3CC3)[nH]n2)nc(N2CC(F)CC2c2ccc(F)cc2F)n1.Nc1nc(Nc2cc(C3CC3)[nH]n2)nc(N2CCCC2c2ccc(Cl)cc2)n1.Nc1nc(Nc2cc(C3CC3)[nH]n2)nc(N2CCCC2c2ccccc2F)n1. The Balaban J connectivity index is 0.000000111. The zero-order valence-corrected chi connectivity index (χ0v) is 62.6. The van der Waals surface area contributed by atoms with E-state index in [1.165, 1.54) is 60.4 Å². The van der Waals surface area contributed by atoms with Gasteiger partial charge in [0.25, 0.3) is 0 Å². The van der Waals surface area contributed by atoms with Gasteiger partial charge in [-0.25, -0.2) is 26.3 Å². The summed E-state index contributed by atoms with van der Waals surface area (Å²) in [6.07, 6.45) is 11.3. The average molecular weight is 1590 g/mol. The van der Waals surface area contributed by atoms with Gasteiger partial charge in [0.15, 0.2) is 23.3 Å². The monoisotopic (exact) mass is 1590 g/mol. The quantitative estimate of drug-likeness (QED) is 0.0315. The van der Waals surface area contributed by atoms with Gasteiger partial charge >= 0.3 is 0 Å². The number of halogens is 7. The number of nitrogens with one attached hydrogen (secondary N) is 8. The molecule has 0 radical (unpaired) electrons. The number of anilines is 16. The fraction of sp³-hybridized carbons (Fsp3) is 0.368. The van der Waals surface area contributed by atoms with Crippen LogP contribution in [0.25, 0.3) is 0 Å². The Hall–Kier alpha value is -12.8. The molecule has 32 nitrogen and oxygen atoms in total. The molecule has 4 aliphatic heterocycles. The Kier molecular flexibility index (Phi) is 21.1. The standard InChI is InChI=1S/C19H21ClN8.C19H19F3N8.C19H20F2N8.C19H21FN8/c20-13-7-5-12(6-8-13)15-2-1-9-28(15)19-24-17(21)23-18(25-19)22-16-10-14(26-27-16)11-3-4-11;20-10-3-4-12(13(22)5-10)15-6-11(21)8-30(15)19-26-17(23)25-18(27-19)24-16-7-14(28-29-16)9-1-2-9;20-12-5-3-11(4-6-12)15-7-13(21)9-29(15)19-25-17(22)24-18(26-19)23-16-8-14(27-28-16)10-1-2-10;20-13-5-2-1-4-12(13)15-6-3-9-28(15)19-24-17(21)23-18(25-19)22-16-10-14(26-27-16)11-7-8-11/h5-8,10-11,15H,1-4,9H2,(H4,21,22,23,24,25,26,27);3-5,7,9,11,15H,1-2,6,8H2,(H4,23,24,25,26,27,28,29);3-6,8,10,13,15H,1-2,7,9H2,(H4,22,23,24,25,26,27,28);1-2,4-5,10-11,15H,3,6-9H2,(H4,21,22,23,24,25,26,27). The molecule has 8 fully saturated rings. The summed E-state index contributed by atoms with van der Waals surface area (Å²) in [6.45, 7) is 1.68. The van der Waals surface area contributed by atoms with Gasteiger partial charge in [0.1, 0.15) is 35.6 Å². The number of H-pyrrole nitrogens is 4. The molecule has 8 aliphatic rings. The number of hydrogen-bond acceptors (Lipinski definition) is 28. The molecule has 4 saturated carbocycles. The van der Waals surface area contributed by atoms with Crippen molar-refractivity contribution in [2.24, 2.45) is 0 Å². The lowest BCUT2D eigenvalue weighted by Crippen LogP contribution is -2.27. The van der Waals surface area contributed by atoms with Crippen LogP contribution in [0.4, 0.5) is 121 Å². The predicted molar refractivity (Wildman–Crippen MR) is 421 cm³/mol. The largest absolute Gasteiger partial charge is 0.368 e. The van der Waals surface area contributed by atoms with E-state index in [9.17, 15) is 26.3 Å². The van der Waals surface area contributed by atoms with Crippen molar-refractivity contribution in [2.75, 3.05) is 90.0 Å². The number of nitrogens with zero attached hydrogens (tertiary/aromatic N) is 20. The summed E-state index contributed by atoms with van der Waals surface area (Å²) in [6, 6.07) is 30.9. The van der Waals surface area contributed by atoms with Gasteiger partial charge in [-0.15, -0.1) is 0 Å². The number of hydrogen-bond donors (Lipinski definition) is 12. The summed E-state index contributed by atoms with van der Waals surface area (Å²) in [5.41, 5.74) is 30.8. The van der Waals surface area contributed by atoms with Crippen molar-refractivity contribution in [3.8, 4) is 0 Å². The third kappa shape index (κ3) is 18.0. The van der Waals surface area contributed by atoms with Crippen LogP contribution in [0.5, 0.6) is 0 Å². The second-order valence-electron chi connectivity index (χ2n) is 29.7. The summed E-state index contributed by atoms with van der Waals surface area (Å²) in [7, 11) is 0. The molecule has 20 rings (SSSR count). The van der Waals surface area contributed by atoms with E-state index >= 15 is 0 Å². The van der Waals surface area contributed by atoms with Crippen LogP contribution in [0.15, 0.2) is 115 Å². The zero-order valence-electron chi connectivity index (χ0n) is 61.9. The number of benzene rings is 4. The van der Waals surface area contributed by atoms with E-state index in [0.717, 1.165) is 110 Å². The molecule has 594 valence electrons. The van der Waals surface area contributed by atoms with Gasteiger partial charge in [0, 0.05) is 119 Å². The fourth-order valence-electron chi connectivity index (χ4n) is 14.9. The Morgan fingerprint density at radius 1 is 0.357 bits per heavy atom. The van der Waals surface area contributed by atoms with Crippen LogP contribution < -0.4 is 63.8 Å². The third-order valence-corrected chi connectivity index (χ3v) is 21.4. The molecule has 16 N–H and O–H groups in total. The summed E-state index contributed by atoms with van der Waals surface area (Å²) in [5.74, 6) is 5.44. The van der Waals surface area contributed by atoms with E-state index in [1.54, 1.807) is 23.1 Å². The first kappa shape index (κ1) is 74.9. The minimum Gasteiger partial charge on any atom is -0.368 e. The molecule has 0 amide bonds. The molecule has 12 heterocycles. The van der Waals surface area contributed by atoms with Gasteiger partial charge in [0.2, 0.25) is 71.4 Å². The molecule has 6 atom stereocenters. The minimum absolute atomic E-state index is 0.0237. The van der Waals surface area contributed by atoms with Gasteiger partial charge in [0.05, 0.1) is 37.3 Å². The van der Waals surface area contributed by atoms with E-state index in [4.69, 9.17) is 34.5 Å². The molecule has 39 heteroatoms. The second-order valence-corrected chi connectivity index (χ2v) is 30.1. The zero-order chi connectivity index (χ0) is 79.0. The minimum atomic E-state index is -1.22. The molecule has 4 saturated heterocycles. The number of aromatic amines is 4. The van der Waals surface area contributed by atoms with E-state index in [2.05, 4.69) is 139 Å². The van der Waals surface area contributed by atoms with Crippen LogP contribution in [0.3, 0.4) is 0 Å². The van der Waals surface area contributed by atoms with Crippen LogP contribution >= 0.6 is 11.6 Å². The van der Waals surface area contributed by atoms with Crippen LogP contribution in [-0.2, 0) is 0 Å². The van der Waals surface area contributed by atoms with E-state index in [1.807, 2.05) is 53.4 Å². The first-order chi connectivity index (χ1) is 55.8. The lowest BCUT2D eigenvalue weighted by Gasteiger charge is -2.25. The normalized spacial score (nSPS) is 20.3. The van der Waals surface area contributed by atoms with Gasteiger partial charge in [-0.2, -0.15) is 80.2 Å². The second kappa shape index (κ2) is 32.4. The average Bonchev–Trinajstić information content (AvgIpc) is 1.36. The van der Waals surface area contributed by atoms with Crippen molar-refractivity contribution in [1.82, 2.24) is 101 Å². The lowest BCUT2D eigenvalue weighted by molar-refractivity contribution is 0.355. The van der Waals surface area contributed by atoms with E-state index < -0.39 is 30.0 Å². The topological polar surface area (TPSA) is 435 Å². The van der Waals surface area contributed by atoms with Gasteiger partial charge in [-0.1, -0.05) is 60.1 Å². The van der Waals surface area contributed by atoms with Crippen LogP contribution in [0, 0.1) is 23.3 Å². The van der Waals surface area contributed by atoms with E-state index in [-0.39, 0.29) is 109 Å². The summed E-state index contributed by atoms with van der Waals surface area (Å²) < 4.78 is 83.8. The molecular formula is C76H81ClF6N32. The number of nitrogens with two attached hydrogens (primary N) is 4. The molecule has 4 aromatic carbocycles. The highest BCUT2D eigenvalue weighted by molar-refractivity contribution is 6.30. The van der Waals surface area contributed by atoms with Crippen LogP contribution in [-0.4, -0.2) is 139 Å². The predicted octanol–water partition coefficient (Wildman–Crippen LogP) is 13.7. The maximum absolute atomic E-state index is 14.3. The molecule has 12 aromatic rings. The molecule has 0 bridgehead atoms. The van der Waals surface area contributed by atoms with E-state index in [0.29, 0.717) is 76.3 Å². The van der Waals surface area contributed by atoms with Crippen LogP contribution in [0.1, 0.15) is 183 Å². The highest BCUT2D eigenvalue weighted by Gasteiger charge is 2.40. The van der Waals surface area contributed by atoms with Crippen LogP contribution in [0.2, 0.25) is 5.02 Å². The molecule has 4 aliphatic carbocycles. The Labute approximate surface area is 658 Å². The van der Waals surface area contributed by atoms with Crippen molar-refractivity contribution in [2.45, 2.75) is 150 Å². The molecule has 6 unspecified atom stereocenters. The number of nitrogen functional groups attached to an aromatic ring is 4. The van der Waals surface area contributed by atoms with Crippen molar-refractivity contribution in [1.29, 1.82) is 0 Å². The summed E-state index contributed by atoms with van der Waals surface area (Å²) in [4.78, 5) is 58.9. The number of alkyl halides is 2. The molecule has 0 spiro atoms.